The van der Waals surface area contributed by atoms with Gasteiger partial charge in [-0.05, 0) is 41.3 Å². The Balaban J connectivity index is 2.14. The average molecular weight is 351 g/mol. The second-order valence-electron chi connectivity index (χ2n) is 5.64. The van der Waals surface area contributed by atoms with Crippen molar-refractivity contribution in [3.05, 3.63) is 60.4 Å². The summed E-state index contributed by atoms with van der Waals surface area (Å²) in [5.74, 6) is 2.63. The summed E-state index contributed by atoms with van der Waals surface area (Å²) in [6.45, 7) is 4.24. The molecule has 0 aliphatic carbocycles. The first-order chi connectivity index (χ1) is 12.6. The molecule has 3 aromatic rings. The molecule has 0 spiro atoms. The molecule has 1 heterocycles. The van der Waals surface area contributed by atoms with Crippen molar-refractivity contribution in [2.24, 2.45) is 0 Å². The van der Waals surface area contributed by atoms with Gasteiger partial charge in [-0.1, -0.05) is 12.6 Å². The lowest BCUT2D eigenvalue weighted by atomic mass is 9.98. The van der Waals surface area contributed by atoms with Crippen molar-refractivity contribution < 1.29 is 18.9 Å². The van der Waals surface area contributed by atoms with Gasteiger partial charge in [-0.15, -0.1) is 0 Å². The van der Waals surface area contributed by atoms with Crippen molar-refractivity contribution >= 4 is 16.3 Å². The van der Waals surface area contributed by atoms with E-state index in [1.165, 1.54) is 0 Å². The van der Waals surface area contributed by atoms with Crippen molar-refractivity contribution in [3.8, 4) is 23.0 Å². The fourth-order valence-corrected chi connectivity index (χ4v) is 2.90. The van der Waals surface area contributed by atoms with Crippen LogP contribution < -0.4 is 18.9 Å². The molecule has 0 atom stereocenters. The molecule has 2 aromatic carbocycles. The van der Waals surface area contributed by atoms with Crippen molar-refractivity contribution in [3.63, 3.8) is 0 Å². The van der Waals surface area contributed by atoms with Crippen LogP contribution in [0, 0.1) is 0 Å². The number of rotatable bonds is 6. The fraction of sp³-hybridized carbons (Fsp3) is 0.190. The van der Waals surface area contributed by atoms with Gasteiger partial charge < -0.3 is 18.9 Å². The molecule has 26 heavy (non-hydrogen) atoms. The van der Waals surface area contributed by atoms with Gasteiger partial charge in [0.1, 0.15) is 0 Å². The Bertz CT molecular complexity index is 966. The molecule has 0 saturated carbocycles. The molecule has 5 nitrogen and oxygen atoms in total. The zero-order valence-corrected chi connectivity index (χ0v) is 15.3. The van der Waals surface area contributed by atoms with Crippen molar-refractivity contribution in [2.45, 2.75) is 0 Å². The molecule has 5 heteroatoms. The molecular weight excluding hydrogens is 330 g/mol. The predicted molar refractivity (Wildman–Crippen MR) is 103 cm³/mol. The maximum Gasteiger partial charge on any atom is 0.161 e. The zero-order valence-electron chi connectivity index (χ0n) is 15.3. The molecule has 0 N–H and O–H groups in total. The number of hydrogen-bond donors (Lipinski definition) is 0. The molecule has 0 unspecified atom stereocenters. The van der Waals surface area contributed by atoms with Gasteiger partial charge in [-0.2, -0.15) is 0 Å². The first-order valence-corrected chi connectivity index (χ1v) is 8.05. The summed E-state index contributed by atoms with van der Waals surface area (Å²) in [5.41, 5.74) is 2.46. The average Bonchev–Trinajstić information content (AvgIpc) is 2.70. The lowest BCUT2D eigenvalue weighted by Crippen LogP contribution is -1.97. The molecule has 0 bridgehead atoms. The molecule has 134 valence electrons. The van der Waals surface area contributed by atoms with E-state index in [0.717, 1.165) is 27.6 Å². The highest BCUT2D eigenvalue weighted by molar-refractivity contribution is 5.97. The molecular formula is C21H21NO4. The lowest BCUT2D eigenvalue weighted by molar-refractivity contribution is 0.355. The Morgan fingerprint density at radius 1 is 0.769 bits per heavy atom. The Morgan fingerprint density at radius 3 is 2.04 bits per heavy atom. The van der Waals surface area contributed by atoms with Crippen molar-refractivity contribution in [2.75, 3.05) is 28.4 Å². The van der Waals surface area contributed by atoms with Crippen LogP contribution in [0.15, 0.2) is 49.2 Å². The van der Waals surface area contributed by atoms with E-state index in [1.807, 2.05) is 36.4 Å². The highest BCUT2D eigenvalue weighted by Gasteiger charge is 2.14. The van der Waals surface area contributed by atoms with Crippen molar-refractivity contribution in [1.82, 2.24) is 4.98 Å². The molecule has 0 aliphatic rings. The van der Waals surface area contributed by atoms with E-state index in [-0.39, 0.29) is 0 Å². The smallest absolute Gasteiger partial charge is 0.161 e. The molecule has 3 rings (SSSR count). The van der Waals surface area contributed by atoms with E-state index in [4.69, 9.17) is 18.9 Å². The number of pyridine rings is 1. The van der Waals surface area contributed by atoms with E-state index in [2.05, 4.69) is 11.6 Å². The lowest BCUT2D eigenvalue weighted by Gasteiger charge is -2.14. The van der Waals surface area contributed by atoms with Gasteiger partial charge in [-0.3, -0.25) is 4.98 Å². The van der Waals surface area contributed by atoms with Crippen LogP contribution >= 0.6 is 0 Å². The van der Waals surface area contributed by atoms with Crippen LogP contribution in [0.25, 0.3) is 16.3 Å². The summed E-state index contributed by atoms with van der Waals surface area (Å²) in [6.07, 6.45) is 1.76. The summed E-state index contributed by atoms with van der Waals surface area (Å²) < 4.78 is 21.5. The maximum atomic E-state index is 5.43. The van der Waals surface area contributed by atoms with Crippen LogP contribution in [0.4, 0.5) is 0 Å². The van der Waals surface area contributed by atoms with E-state index in [0.29, 0.717) is 23.0 Å². The zero-order chi connectivity index (χ0) is 18.7. The largest absolute Gasteiger partial charge is 0.493 e. The standard InChI is InChI=1S/C21H21NO4/c1-13(14-6-7-17(23-2)18(10-14)24-3)21-16-12-20(26-5)19(25-4)11-15(16)8-9-22-21/h6-12H,1H2,2-5H3. The predicted octanol–water partition coefficient (Wildman–Crippen LogP) is 4.33. The Labute approximate surface area is 152 Å². The minimum atomic E-state index is 0.644. The fourth-order valence-electron chi connectivity index (χ4n) is 2.90. The molecule has 1 aromatic heterocycles. The summed E-state index contributed by atoms with van der Waals surface area (Å²) in [4.78, 5) is 4.54. The minimum Gasteiger partial charge on any atom is -0.493 e. The van der Waals surface area contributed by atoms with Gasteiger partial charge >= 0.3 is 0 Å². The van der Waals surface area contributed by atoms with Gasteiger partial charge in [0.25, 0.3) is 0 Å². The SMILES string of the molecule is C=C(c1ccc(OC)c(OC)c1)c1nccc2cc(OC)c(OC)cc12. The summed E-state index contributed by atoms with van der Waals surface area (Å²) in [5, 5.41) is 1.93. The first kappa shape index (κ1) is 17.6. The molecule has 0 amide bonds. The van der Waals surface area contributed by atoms with E-state index in [1.54, 1.807) is 34.6 Å². The topological polar surface area (TPSA) is 49.8 Å². The summed E-state index contributed by atoms with van der Waals surface area (Å²) in [7, 11) is 6.45. The van der Waals surface area contributed by atoms with Crippen LogP contribution in [0.5, 0.6) is 23.0 Å². The number of ether oxygens (including phenoxy) is 4. The summed E-state index contributed by atoms with van der Waals surface area (Å²) >= 11 is 0. The quantitative estimate of drug-likeness (QED) is 0.661. The van der Waals surface area contributed by atoms with Gasteiger partial charge in [0.15, 0.2) is 23.0 Å². The number of nitrogens with zero attached hydrogens (tertiary/aromatic N) is 1. The first-order valence-electron chi connectivity index (χ1n) is 8.05. The third-order valence-electron chi connectivity index (χ3n) is 4.29. The third kappa shape index (κ3) is 3.04. The number of methoxy groups -OCH3 is 4. The Morgan fingerprint density at radius 2 is 1.38 bits per heavy atom. The second-order valence-corrected chi connectivity index (χ2v) is 5.64. The van der Waals surface area contributed by atoms with Crippen LogP contribution in [0.1, 0.15) is 11.3 Å². The molecule has 0 aliphatic heterocycles. The molecule has 0 fully saturated rings. The van der Waals surface area contributed by atoms with Crippen LogP contribution in [-0.4, -0.2) is 33.4 Å². The number of aromatic nitrogens is 1. The highest BCUT2D eigenvalue weighted by Crippen LogP contribution is 2.37. The number of benzene rings is 2. The van der Waals surface area contributed by atoms with Crippen LogP contribution in [-0.2, 0) is 0 Å². The Kier molecular flexibility index (Phi) is 4.98. The Hall–Kier alpha value is -3.21. The monoisotopic (exact) mass is 351 g/mol. The van der Waals surface area contributed by atoms with E-state index in [9.17, 15) is 0 Å². The normalized spacial score (nSPS) is 10.5. The van der Waals surface area contributed by atoms with Gasteiger partial charge in [-0.25, -0.2) is 0 Å². The highest BCUT2D eigenvalue weighted by atomic mass is 16.5. The summed E-state index contributed by atoms with van der Waals surface area (Å²) in [6, 6.07) is 11.5. The minimum absolute atomic E-state index is 0.644. The molecule has 0 saturated heterocycles. The van der Waals surface area contributed by atoms with E-state index < -0.39 is 0 Å². The van der Waals surface area contributed by atoms with Crippen LogP contribution in [0.2, 0.25) is 0 Å². The number of fused-ring (bicyclic) bond motifs is 1. The van der Waals surface area contributed by atoms with Gasteiger partial charge in [0.2, 0.25) is 0 Å². The van der Waals surface area contributed by atoms with Gasteiger partial charge in [0.05, 0.1) is 34.1 Å². The van der Waals surface area contributed by atoms with Crippen LogP contribution in [0.3, 0.4) is 0 Å². The maximum absolute atomic E-state index is 5.43. The third-order valence-corrected chi connectivity index (χ3v) is 4.29. The van der Waals surface area contributed by atoms with E-state index >= 15 is 0 Å². The second kappa shape index (κ2) is 7.35. The molecule has 0 radical (unpaired) electrons. The van der Waals surface area contributed by atoms with Gasteiger partial charge in [0, 0.05) is 17.2 Å². The van der Waals surface area contributed by atoms with Crippen molar-refractivity contribution in [1.29, 1.82) is 0 Å². The number of hydrogen-bond acceptors (Lipinski definition) is 5.